The number of nitrogens with one attached hydrogen (secondary N) is 1. The van der Waals surface area contributed by atoms with Crippen LogP contribution in [0.2, 0.25) is 10.0 Å². The lowest BCUT2D eigenvalue weighted by Gasteiger charge is -2.05. The monoisotopic (exact) mass is 366 g/mol. The molecule has 0 aliphatic rings. The van der Waals surface area contributed by atoms with Gasteiger partial charge in [-0.25, -0.2) is 9.37 Å². The maximum atomic E-state index is 13.8. The third-order valence-corrected chi connectivity index (χ3v) is 4.92. The second kappa shape index (κ2) is 7.41. The van der Waals surface area contributed by atoms with Gasteiger partial charge >= 0.3 is 0 Å². The van der Waals surface area contributed by atoms with Crippen LogP contribution in [-0.2, 0) is 13.1 Å². The molecule has 0 saturated carbocycles. The Bertz CT molecular complexity index is 820. The summed E-state index contributed by atoms with van der Waals surface area (Å²) in [6.45, 7) is 1.21. The van der Waals surface area contributed by atoms with Gasteiger partial charge in [-0.05, 0) is 23.8 Å². The number of aromatic nitrogens is 1. The van der Waals surface area contributed by atoms with Crippen molar-refractivity contribution in [1.82, 2.24) is 10.3 Å². The predicted molar refractivity (Wildman–Crippen MR) is 94.5 cm³/mol. The normalized spacial score (nSPS) is 10.9. The number of halogens is 3. The second-order valence-electron chi connectivity index (χ2n) is 4.94. The molecule has 118 valence electrons. The summed E-state index contributed by atoms with van der Waals surface area (Å²) in [4.78, 5) is 5.16. The molecule has 0 atom stereocenters. The van der Waals surface area contributed by atoms with Gasteiger partial charge in [-0.2, -0.15) is 0 Å². The molecule has 0 unspecified atom stereocenters. The SMILES string of the molecule is Fc1ccccc1-c1cnc(CNCc2ccc(Cl)cc2Cl)s1. The molecule has 3 rings (SSSR count). The Labute approximate surface area is 147 Å². The molecule has 2 aromatic carbocycles. The average molecular weight is 367 g/mol. The van der Waals surface area contributed by atoms with Gasteiger partial charge in [-0.15, -0.1) is 11.3 Å². The second-order valence-corrected chi connectivity index (χ2v) is 6.90. The van der Waals surface area contributed by atoms with Crippen LogP contribution in [0.4, 0.5) is 4.39 Å². The first-order chi connectivity index (χ1) is 11.1. The first-order valence-electron chi connectivity index (χ1n) is 6.98. The van der Waals surface area contributed by atoms with Gasteiger partial charge in [0.1, 0.15) is 10.8 Å². The molecule has 0 radical (unpaired) electrons. The molecule has 0 saturated heterocycles. The Kier molecular flexibility index (Phi) is 5.28. The highest BCUT2D eigenvalue weighted by Crippen LogP contribution is 2.28. The van der Waals surface area contributed by atoms with Crippen LogP contribution in [0.3, 0.4) is 0 Å². The highest BCUT2D eigenvalue weighted by atomic mass is 35.5. The quantitative estimate of drug-likeness (QED) is 0.640. The highest BCUT2D eigenvalue weighted by Gasteiger charge is 2.08. The summed E-state index contributed by atoms with van der Waals surface area (Å²) in [6.07, 6.45) is 1.70. The maximum Gasteiger partial charge on any atom is 0.131 e. The molecule has 23 heavy (non-hydrogen) atoms. The Hall–Kier alpha value is -1.46. The molecule has 6 heteroatoms. The van der Waals surface area contributed by atoms with E-state index in [-0.39, 0.29) is 5.82 Å². The zero-order chi connectivity index (χ0) is 16.2. The Morgan fingerprint density at radius 3 is 2.70 bits per heavy atom. The van der Waals surface area contributed by atoms with Crippen molar-refractivity contribution in [1.29, 1.82) is 0 Å². The predicted octanol–water partition coefficient (Wildman–Crippen LogP) is 5.55. The van der Waals surface area contributed by atoms with Crippen molar-refractivity contribution in [2.45, 2.75) is 13.1 Å². The van der Waals surface area contributed by atoms with Gasteiger partial charge in [0.25, 0.3) is 0 Å². The lowest BCUT2D eigenvalue weighted by Crippen LogP contribution is -2.12. The summed E-state index contributed by atoms with van der Waals surface area (Å²) in [5.74, 6) is -0.233. The molecular weight excluding hydrogens is 354 g/mol. The van der Waals surface area contributed by atoms with E-state index < -0.39 is 0 Å². The van der Waals surface area contributed by atoms with Crippen molar-refractivity contribution in [3.8, 4) is 10.4 Å². The van der Waals surface area contributed by atoms with Crippen molar-refractivity contribution in [2.75, 3.05) is 0 Å². The third kappa shape index (κ3) is 4.09. The minimum atomic E-state index is -0.233. The zero-order valence-electron chi connectivity index (χ0n) is 12.0. The van der Waals surface area contributed by atoms with Crippen LogP contribution in [0.15, 0.2) is 48.7 Å². The molecule has 1 aromatic heterocycles. The summed E-state index contributed by atoms with van der Waals surface area (Å²) in [7, 11) is 0. The van der Waals surface area contributed by atoms with Gasteiger partial charge in [0.15, 0.2) is 0 Å². The zero-order valence-corrected chi connectivity index (χ0v) is 14.4. The summed E-state index contributed by atoms with van der Waals surface area (Å²) >= 11 is 13.5. The molecule has 0 amide bonds. The minimum absolute atomic E-state index is 0.233. The van der Waals surface area contributed by atoms with E-state index in [4.69, 9.17) is 23.2 Å². The van der Waals surface area contributed by atoms with E-state index in [1.54, 1.807) is 24.4 Å². The molecule has 3 aromatic rings. The van der Waals surface area contributed by atoms with E-state index in [2.05, 4.69) is 10.3 Å². The smallest absolute Gasteiger partial charge is 0.131 e. The van der Waals surface area contributed by atoms with Crippen LogP contribution in [0.5, 0.6) is 0 Å². The number of benzene rings is 2. The average Bonchev–Trinajstić information content (AvgIpc) is 2.98. The van der Waals surface area contributed by atoms with Gasteiger partial charge < -0.3 is 5.32 Å². The van der Waals surface area contributed by atoms with Crippen molar-refractivity contribution < 1.29 is 4.39 Å². The molecule has 0 bridgehead atoms. The molecule has 1 N–H and O–H groups in total. The molecular formula is C17H13Cl2FN2S. The Morgan fingerprint density at radius 1 is 1.09 bits per heavy atom. The van der Waals surface area contributed by atoms with Crippen molar-refractivity contribution in [3.05, 3.63) is 75.1 Å². The Morgan fingerprint density at radius 2 is 1.91 bits per heavy atom. The number of hydrogen-bond acceptors (Lipinski definition) is 3. The molecule has 2 nitrogen and oxygen atoms in total. The van der Waals surface area contributed by atoms with Crippen LogP contribution in [0.25, 0.3) is 10.4 Å². The lowest BCUT2D eigenvalue weighted by molar-refractivity contribution is 0.631. The van der Waals surface area contributed by atoms with Gasteiger partial charge in [0.2, 0.25) is 0 Å². The van der Waals surface area contributed by atoms with Gasteiger partial charge in [-0.1, -0.05) is 47.5 Å². The first-order valence-corrected chi connectivity index (χ1v) is 8.55. The summed E-state index contributed by atoms with van der Waals surface area (Å²) in [5, 5.41) is 5.43. The highest BCUT2D eigenvalue weighted by molar-refractivity contribution is 7.15. The van der Waals surface area contributed by atoms with E-state index >= 15 is 0 Å². The van der Waals surface area contributed by atoms with E-state index in [9.17, 15) is 4.39 Å². The fourth-order valence-electron chi connectivity index (χ4n) is 2.15. The van der Waals surface area contributed by atoms with E-state index in [1.807, 2.05) is 18.2 Å². The minimum Gasteiger partial charge on any atom is -0.306 e. The maximum absolute atomic E-state index is 13.8. The number of rotatable bonds is 5. The molecule has 1 heterocycles. The molecule has 0 spiro atoms. The van der Waals surface area contributed by atoms with E-state index in [0.29, 0.717) is 28.7 Å². The van der Waals surface area contributed by atoms with E-state index in [1.165, 1.54) is 17.4 Å². The van der Waals surface area contributed by atoms with Gasteiger partial charge in [0.05, 0.1) is 4.88 Å². The Balaban J connectivity index is 1.63. The summed E-state index contributed by atoms with van der Waals surface area (Å²) in [6, 6.07) is 12.1. The summed E-state index contributed by atoms with van der Waals surface area (Å²) in [5.41, 5.74) is 1.55. The topological polar surface area (TPSA) is 24.9 Å². The fourth-order valence-corrected chi connectivity index (χ4v) is 3.54. The third-order valence-electron chi connectivity index (χ3n) is 3.30. The van der Waals surface area contributed by atoms with E-state index in [0.717, 1.165) is 15.4 Å². The number of thiazole rings is 1. The van der Waals surface area contributed by atoms with Gasteiger partial charge in [0, 0.05) is 34.9 Å². The lowest BCUT2D eigenvalue weighted by atomic mass is 10.2. The molecule has 0 aliphatic heterocycles. The van der Waals surface area contributed by atoms with Crippen molar-refractivity contribution >= 4 is 34.5 Å². The number of nitrogens with zero attached hydrogens (tertiary/aromatic N) is 1. The first kappa shape index (κ1) is 16.4. The van der Waals surface area contributed by atoms with Crippen LogP contribution < -0.4 is 5.32 Å². The van der Waals surface area contributed by atoms with Gasteiger partial charge in [-0.3, -0.25) is 0 Å². The molecule has 0 fully saturated rings. The van der Waals surface area contributed by atoms with Crippen LogP contribution >= 0.6 is 34.5 Å². The molecule has 0 aliphatic carbocycles. The fraction of sp³-hybridized carbons (Fsp3) is 0.118. The van der Waals surface area contributed by atoms with Crippen LogP contribution in [-0.4, -0.2) is 4.98 Å². The summed E-state index contributed by atoms with van der Waals surface area (Å²) < 4.78 is 13.8. The largest absolute Gasteiger partial charge is 0.306 e. The van der Waals surface area contributed by atoms with Crippen molar-refractivity contribution in [2.24, 2.45) is 0 Å². The number of hydrogen-bond donors (Lipinski definition) is 1. The van der Waals surface area contributed by atoms with Crippen molar-refractivity contribution in [3.63, 3.8) is 0 Å². The standard InChI is InChI=1S/C17H13Cl2FN2S/c18-12-6-5-11(14(19)7-12)8-21-10-17-22-9-16(23-17)13-3-1-2-4-15(13)20/h1-7,9,21H,8,10H2. The van der Waals surface area contributed by atoms with Crippen LogP contribution in [0.1, 0.15) is 10.6 Å². The van der Waals surface area contributed by atoms with Crippen LogP contribution in [0, 0.1) is 5.82 Å².